The molecule has 2 fully saturated rings. The van der Waals surface area contributed by atoms with Gasteiger partial charge in [-0.15, -0.1) is 0 Å². The monoisotopic (exact) mass is 1020 g/mol. The second-order valence-corrected chi connectivity index (χ2v) is 17.7. The number of fused-ring (bicyclic) bond motifs is 1. The first kappa shape index (κ1) is 60.0. The Bertz CT molecular complexity index is 1970. The van der Waals surface area contributed by atoms with Gasteiger partial charge in [0, 0.05) is 169 Å². The van der Waals surface area contributed by atoms with Crippen LogP contribution in [0.3, 0.4) is 0 Å². The molecule has 0 atom stereocenters. The zero-order valence-corrected chi connectivity index (χ0v) is 41.5. The van der Waals surface area contributed by atoms with Crippen LogP contribution in [0, 0.1) is 0 Å². The summed E-state index contributed by atoms with van der Waals surface area (Å²) in [5, 5.41) is 64.4. The third-order valence-electron chi connectivity index (χ3n) is 13.0. The maximum absolute atomic E-state index is 12.8. The number of hydrogen-bond donors (Lipinski definition) is 7. The van der Waals surface area contributed by atoms with E-state index in [0.717, 1.165) is 0 Å². The number of pyridine rings is 1. The molecule has 26 heteroatoms. The van der Waals surface area contributed by atoms with Gasteiger partial charge in [0.25, 0.3) is 17.4 Å². The standard InChI is InChI=1S/C24H37N5O8.C22H39N5O8/c30-22(31)19-28-11-9-25(13-14-29-23(32)20-3-1-2-4-21(20)24(29)33)5-6-26(15-17-36-34)7-8-27(10-12-28)16-18-37-35;1-2-27-4-3-19(21(30)22(27)31)17-25-9-7-23(13-15-34-32)5-6-24(14-16-35-33)8-10-26(12-11-25)18-20(28)29/h1-4,34-35H,5-19H2,(H,30,31);3-4,30,32-33H,2,5-18H2,1H3,(H,28,29). The Morgan fingerprint density at radius 2 is 0.819 bits per heavy atom. The summed E-state index contributed by atoms with van der Waals surface area (Å²) in [5.74, 6) is -2.68. The predicted octanol–water partition coefficient (Wildman–Crippen LogP) is -1.07. The lowest BCUT2D eigenvalue weighted by atomic mass is 10.1. The van der Waals surface area contributed by atoms with Gasteiger partial charge in [-0.3, -0.25) is 89.1 Å². The fourth-order valence-electron chi connectivity index (χ4n) is 8.71. The minimum absolute atomic E-state index is 0.101. The molecular formula is C46H76N10O16. The van der Waals surface area contributed by atoms with Crippen LogP contribution in [0.5, 0.6) is 5.75 Å². The molecule has 2 saturated heterocycles. The van der Waals surface area contributed by atoms with Crippen molar-refractivity contribution < 1.29 is 75.1 Å². The number of nitrogens with zero attached hydrogens (tertiary/aromatic N) is 10. The number of carboxylic acids is 2. The van der Waals surface area contributed by atoms with E-state index >= 15 is 0 Å². The fraction of sp³-hybridized carbons (Fsp3) is 0.674. The molecule has 3 aliphatic rings. The Kier molecular flexibility index (Phi) is 27.7. The number of carbonyl (C=O) groups excluding carboxylic acids is 2. The second-order valence-electron chi connectivity index (χ2n) is 17.7. The van der Waals surface area contributed by atoms with Gasteiger partial charge >= 0.3 is 11.9 Å². The highest BCUT2D eigenvalue weighted by Gasteiger charge is 2.35. The molecule has 72 heavy (non-hydrogen) atoms. The molecule has 4 heterocycles. The molecule has 0 saturated carbocycles. The van der Waals surface area contributed by atoms with Gasteiger partial charge in [0.1, 0.15) is 0 Å². The molecule has 406 valence electrons. The van der Waals surface area contributed by atoms with E-state index in [1.807, 2.05) is 16.7 Å². The van der Waals surface area contributed by atoms with E-state index in [-0.39, 0.29) is 63.6 Å². The van der Waals surface area contributed by atoms with Gasteiger partial charge in [-0.1, -0.05) is 12.1 Å². The topological polar surface area (TPSA) is 298 Å². The number of imide groups is 1. The minimum atomic E-state index is -0.912. The van der Waals surface area contributed by atoms with Gasteiger partial charge in [-0.2, -0.15) is 0 Å². The molecule has 7 N–H and O–H groups in total. The Hall–Kier alpha value is -4.59. The molecule has 0 spiro atoms. The number of aromatic nitrogens is 1. The van der Waals surface area contributed by atoms with Crippen LogP contribution in [-0.2, 0) is 42.2 Å². The lowest BCUT2D eigenvalue weighted by Crippen LogP contribution is -2.49. The van der Waals surface area contributed by atoms with Crippen molar-refractivity contribution in [2.75, 3.05) is 184 Å². The quantitative estimate of drug-likeness (QED) is 0.0420. The summed E-state index contributed by atoms with van der Waals surface area (Å²) in [4.78, 5) is 95.5. The molecule has 1 aromatic carbocycles. The van der Waals surface area contributed by atoms with Gasteiger partial charge in [-0.25, -0.2) is 19.6 Å². The third kappa shape index (κ3) is 20.7. The normalized spacial score (nSPS) is 18.9. The van der Waals surface area contributed by atoms with Crippen molar-refractivity contribution >= 4 is 23.8 Å². The highest BCUT2D eigenvalue weighted by molar-refractivity contribution is 6.21. The van der Waals surface area contributed by atoms with Crippen molar-refractivity contribution in [3.63, 3.8) is 0 Å². The van der Waals surface area contributed by atoms with Gasteiger partial charge in [0.15, 0.2) is 5.75 Å². The number of carboxylic acid groups (broad SMARTS) is 2. The van der Waals surface area contributed by atoms with Crippen LogP contribution in [0.25, 0.3) is 0 Å². The Balaban J connectivity index is 0.000000313. The minimum Gasteiger partial charge on any atom is -0.503 e. The molecule has 0 unspecified atom stereocenters. The number of amides is 2. The van der Waals surface area contributed by atoms with Crippen LogP contribution in [0.4, 0.5) is 0 Å². The average molecular weight is 1030 g/mol. The summed E-state index contributed by atoms with van der Waals surface area (Å²) in [7, 11) is 0. The number of aromatic hydroxyl groups is 1. The van der Waals surface area contributed by atoms with Crippen molar-refractivity contribution in [1.29, 1.82) is 0 Å². The number of carbonyl (C=O) groups is 4. The lowest BCUT2D eigenvalue weighted by Gasteiger charge is -2.34. The molecule has 1 aromatic heterocycles. The van der Waals surface area contributed by atoms with Crippen molar-refractivity contribution in [3.05, 3.63) is 63.6 Å². The van der Waals surface area contributed by atoms with Crippen LogP contribution < -0.4 is 5.56 Å². The van der Waals surface area contributed by atoms with Crippen LogP contribution in [-0.4, -0.2) is 292 Å². The zero-order chi connectivity index (χ0) is 52.3. The summed E-state index contributed by atoms with van der Waals surface area (Å²) in [6.07, 6.45) is 1.67. The van der Waals surface area contributed by atoms with E-state index in [2.05, 4.69) is 48.9 Å². The molecule has 5 rings (SSSR count). The fourth-order valence-corrected chi connectivity index (χ4v) is 8.71. The van der Waals surface area contributed by atoms with Crippen LogP contribution >= 0.6 is 0 Å². The third-order valence-corrected chi connectivity index (χ3v) is 13.0. The predicted molar refractivity (Wildman–Crippen MR) is 260 cm³/mol. The maximum Gasteiger partial charge on any atom is 0.317 e. The van der Waals surface area contributed by atoms with E-state index in [4.69, 9.17) is 21.0 Å². The highest BCUT2D eigenvalue weighted by atomic mass is 17.1. The van der Waals surface area contributed by atoms with Crippen molar-refractivity contribution in [3.8, 4) is 5.75 Å². The Labute approximate surface area is 419 Å². The van der Waals surface area contributed by atoms with Gasteiger partial charge in [-0.05, 0) is 25.1 Å². The summed E-state index contributed by atoms with van der Waals surface area (Å²) < 4.78 is 1.44. The largest absolute Gasteiger partial charge is 0.503 e. The van der Waals surface area contributed by atoms with Crippen LogP contribution in [0.15, 0.2) is 41.3 Å². The second kappa shape index (κ2) is 33.3. The number of aryl methyl sites for hydroxylation is 1. The maximum atomic E-state index is 12.8. The molecule has 26 nitrogen and oxygen atoms in total. The SMILES string of the molecule is CCn1ccc(CN2CCN(CCOO)CCN(CCOO)CCN(CC(=O)O)CC2)c(O)c1=O.O=C(O)CN1CCN(CCOO)CCN(CCOO)CCN(CCN2C(=O)c3ccccc3C2=O)CC1. The molecule has 0 aliphatic carbocycles. The summed E-state index contributed by atoms with van der Waals surface area (Å²) in [6.45, 7) is 15.2. The van der Waals surface area contributed by atoms with Crippen molar-refractivity contribution in [2.45, 2.75) is 20.0 Å². The number of hydrogen-bond acceptors (Lipinski definition) is 22. The van der Waals surface area contributed by atoms with Crippen molar-refractivity contribution in [1.82, 2.24) is 48.7 Å². The molecular weight excluding hydrogens is 949 g/mol. The smallest absolute Gasteiger partial charge is 0.317 e. The highest BCUT2D eigenvalue weighted by Crippen LogP contribution is 2.22. The molecule has 0 radical (unpaired) electrons. The molecule has 2 amide bonds. The number of aliphatic carboxylic acids is 2. The summed E-state index contributed by atoms with van der Waals surface area (Å²) >= 11 is 0. The zero-order valence-electron chi connectivity index (χ0n) is 41.5. The molecule has 3 aliphatic heterocycles. The van der Waals surface area contributed by atoms with Gasteiger partial charge in [0.05, 0.1) is 50.6 Å². The molecule has 0 bridgehead atoms. The van der Waals surface area contributed by atoms with Gasteiger partial charge < -0.3 is 19.9 Å². The summed E-state index contributed by atoms with van der Waals surface area (Å²) in [5.41, 5.74) is 0.929. The summed E-state index contributed by atoms with van der Waals surface area (Å²) in [6, 6.07) is 8.54. The molecule has 2 aromatic rings. The van der Waals surface area contributed by atoms with E-state index in [1.54, 1.807) is 36.5 Å². The van der Waals surface area contributed by atoms with E-state index < -0.39 is 17.5 Å². The average Bonchev–Trinajstić information content (AvgIpc) is 3.61. The van der Waals surface area contributed by atoms with Crippen LogP contribution in [0.1, 0.15) is 33.2 Å². The first-order valence-electron chi connectivity index (χ1n) is 24.4. The number of benzene rings is 1. The van der Waals surface area contributed by atoms with Crippen LogP contribution in [0.2, 0.25) is 0 Å². The van der Waals surface area contributed by atoms with Gasteiger partial charge in [0.2, 0.25) is 0 Å². The van der Waals surface area contributed by atoms with E-state index in [9.17, 15) is 39.3 Å². The van der Waals surface area contributed by atoms with Crippen molar-refractivity contribution in [2.24, 2.45) is 0 Å². The first-order chi connectivity index (χ1) is 34.8. The Morgan fingerprint density at radius 3 is 1.15 bits per heavy atom. The van der Waals surface area contributed by atoms with E-state index in [1.165, 1.54) is 9.47 Å². The first-order valence-corrected chi connectivity index (χ1v) is 24.4. The number of rotatable bonds is 22. The Morgan fingerprint density at radius 1 is 0.486 bits per heavy atom. The van der Waals surface area contributed by atoms with E-state index in [0.29, 0.717) is 167 Å². The lowest BCUT2D eigenvalue weighted by molar-refractivity contribution is -0.245.